The van der Waals surface area contributed by atoms with E-state index in [0.29, 0.717) is 24.5 Å². The largest absolute Gasteiger partial charge is 0.352 e. The van der Waals surface area contributed by atoms with Gasteiger partial charge in [0, 0.05) is 35.3 Å². The van der Waals surface area contributed by atoms with E-state index < -0.39 is 0 Å². The van der Waals surface area contributed by atoms with Gasteiger partial charge in [-0.15, -0.1) is 11.8 Å². The normalized spacial score (nSPS) is 22.5. The summed E-state index contributed by atoms with van der Waals surface area (Å²) in [5.74, 6) is 0.00687. The predicted molar refractivity (Wildman–Crippen MR) is 152 cm³/mol. The number of hydrogen-bond donors (Lipinski definition) is 1. The number of rotatable bonds is 6. The fraction of sp³-hybridized carbons (Fsp3) is 0.290. The highest BCUT2D eigenvalue weighted by Gasteiger charge is 2.44. The molecule has 1 saturated carbocycles. The van der Waals surface area contributed by atoms with E-state index in [9.17, 15) is 9.59 Å². The molecule has 1 heterocycles. The van der Waals surface area contributed by atoms with Gasteiger partial charge in [-0.1, -0.05) is 83.9 Å². The van der Waals surface area contributed by atoms with Crippen molar-refractivity contribution in [3.63, 3.8) is 0 Å². The number of nitrogens with zero attached hydrogens (tertiary/aromatic N) is 1. The summed E-state index contributed by atoms with van der Waals surface area (Å²) in [6.45, 7) is 3.10. The molecular weight excluding hydrogens is 500 g/mol. The summed E-state index contributed by atoms with van der Waals surface area (Å²) in [7, 11) is 0. The Bertz CT molecular complexity index is 1290. The number of fused-ring (bicyclic) bond motifs is 1. The number of benzene rings is 3. The first-order valence-electron chi connectivity index (χ1n) is 12.8. The van der Waals surface area contributed by atoms with E-state index in [2.05, 4.69) is 30.4 Å². The van der Waals surface area contributed by atoms with Crippen LogP contribution in [-0.4, -0.2) is 28.0 Å². The summed E-state index contributed by atoms with van der Waals surface area (Å²) >= 11 is 7.67. The van der Waals surface area contributed by atoms with Crippen molar-refractivity contribution in [2.75, 3.05) is 0 Å². The molecular formula is C31H31ClN2O2S. The van der Waals surface area contributed by atoms with Crippen LogP contribution in [0.5, 0.6) is 0 Å². The molecule has 0 bridgehead atoms. The highest BCUT2D eigenvalue weighted by molar-refractivity contribution is 8.04. The van der Waals surface area contributed by atoms with Crippen LogP contribution in [0, 0.1) is 12.8 Å². The van der Waals surface area contributed by atoms with Gasteiger partial charge in [-0.25, -0.2) is 0 Å². The SMILES string of the molecule is Cc1cccc(CN2C(=O)/C(=C/c3ccccc3)SC3CCC(C(=O)NCc4ccc(Cl)cc4)CC32)c1. The van der Waals surface area contributed by atoms with Gasteiger partial charge in [0.15, 0.2) is 0 Å². The molecule has 0 radical (unpaired) electrons. The third kappa shape index (κ3) is 6.28. The summed E-state index contributed by atoms with van der Waals surface area (Å²) in [6, 6.07) is 25.9. The molecule has 4 nitrogen and oxygen atoms in total. The average molecular weight is 531 g/mol. The summed E-state index contributed by atoms with van der Waals surface area (Å²) < 4.78 is 0. The Labute approximate surface area is 228 Å². The molecule has 1 saturated heterocycles. The van der Waals surface area contributed by atoms with Crippen LogP contribution in [0.2, 0.25) is 5.02 Å². The van der Waals surface area contributed by atoms with E-state index in [-0.39, 0.29) is 29.0 Å². The van der Waals surface area contributed by atoms with Crippen LogP contribution in [-0.2, 0) is 22.7 Å². The molecule has 0 aromatic heterocycles. The zero-order chi connectivity index (χ0) is 25.8. The number of amides is 2. The third-order valence-electron chi connectivity index (χ3n) is 7.19. The lowest BCUT2D eigenvalue weighted by Gasteiger charge is -2.46. The van der Waals surface area contributed by atoms with Crippen molar-refractivity contribution in [2.24, 2.45) is 5.92 Å². The van der Waals surface area contributed by atoms with Gasteiger partial charge in [0.2, 0.25) is 5.91 Å². The first kappa shape index (κ1) is 25.6. The fourth-order valence-electron chi connectivity index (χ4n) is 5.26. The standard InChI is InChI=1S/C31H31ClN2O2S/c1-21-6-5-9-24(16-21)20-34-27-18-25(30(35)33-19-23-10-13-26(32)14-11-23)12-15-28(27)37-29(31(34)36)17-22-7-3-2-4-8-22/h2-11,13-14,16-17,25,27-28H,12,15,18-20H2,1H3,(H,33,35)/b29-17-. The van der Waals surface area contributed by atoms with Crippen molar-refractivity contribution in [3.8, 4) is 0 Å². The molecule has 1 aliphatic heterocycles. The number of carbonyl (C=O) groups is 2. The second-order valence-corrected chi connectivity index (χ2v) is 11.6. The molecule has 37 heavy (non-hydrogen) atoms. The number of thioether (sulfide) groups is 1. The molecule has 190 valence electrons. The lowest BCUT2D eigenvalue weighted by molar-refractivity contribution is -0.133. The number of nitrogens with one attached hydrogen (secondary N) is 1. The van der Waals surface area contributed by atoms with Crippen LogP contribution in [0.15, 0.2) is 83.8 Å². The minimum Gasteiger partial charge on any atom is -0.352 e. The monoisotopic (exact) mass is 530 g/mol. The molecule has 3 aromatic carbocycles. The molecule has 0 spiro atoms. The van der Waals surface area contributed by atoms with Crippen molar-refractivity contribution in [3.05, 3.63) is 111 Å². The Morgan fingerprint density at radius 3 is 2.57 bits per heavy atom. The molecule has 2 fully saturated rings. The van der Waals surface area contributed by atoms with Gasteiger partial charge in [-0.3, -0.25) is 9.59 Å². The Kier molecular flexibility index (Phi) is 8.02. The average Bonchev–Trinajstić information content (AvgIpc) is 2.91. The number of halogens is 1. The summed E-state index contributed by atoms with van der Waals surface area (Å²) in [5.41, 5.74) is 4.34. The van der Waals surface area contributed by atoms with E-state index in [1.165, 1.54) is 5.56 Å². The Morgan fingerprint density at radius 2 is 1.81 bits per heavy atom. The maximum Gasteiger partial charge on any atom is 0.260 e. The minimum absolute atomic E-state index is 0.0194. The molecule has 1 aliphatic carbocycles. The summed E-state index contributed by atoms with van der Waals surface area (Å²) in [4.78, 5) is 29.8. The topological polar surface area (TPSA) is 49.4 Å². The molecule has 2 amide bonds. The fourth-order valence-corrected chi connectivity index (χ4v) is 6.80. The first-order valence-corrected chi connectivity index (χ1v) is 14.0. The third-order valence-corrected chi connectivity index (χ3v) is 8.84. The van der Waals surface area contributed by atoms with Crippen molar-refractivity contribution in [1.29, 1.82) is 0 Å². The van der Waals surface area contributed by atoms with Gasteiger partial charge >= 0.3 is 0 Å². The van der Waals surface area contributed by atoms with E-state index in [0.717, 1.165) is 34.4 Å². The highest BCUT2D eigenvalue weighted by atomic mass is 35.5. The molecule has 3 aromatic rings. The highest BCUT2D eigenvalue weighted by Crippen LogP contribution is 2.44. The molecule has 1 N–H and O–H groups in total. The maximum absolute atomic E-state index is 13.8. The van der Waals surface area contributed by atoms with Crippen LogP contribution in [0.1, 0.15) is 41.5 Å². The summed E-state index contributed by atoms with van der Waals surface area (Å²) in [5, 5.41) is 4.06. The Hall–Kier alpha value is -3.02. The van der Waals surface area contributed by atoms with E-state index >= 15 is 0 Å². The maximum atomic E-state index is 13.8. The van der Waals surface area contributed by atoms with E-state index in [1.807, 2.05) is 71.6 Å². The molecule has 3 unspecified atom stereocenters. The van der Waals surface area contributed by atoms with Gasteiger partial charge in [-0.2, -0.15) is 0 Å². The summed E-state index contributed by atoms with van der Waals surface area (Å²) in [6.07, 6.45) is 4.42. The van der Waals surface area contributed by atoms with Crippen molar-refractivity contribution < 1.29 is 9.59 Å². The van der Waals surface area contributed by atoms with E-state index in [4.69, 9.17) is 11.6 Å². The van der Waals surface area contributed by atoms with E-state index in [1.54, 1.807) is 11.8 Å². The molecule has 3 atom stereocenters. The van der Waals surface area contributed by atoms with Gasteiger partial charge in [-0.05, 0) is 61.1 Å². The lowest BCUT2D eigenvalue weighted by Crippen LogP contribution is -2.53. The smallest absolute Gasteiger partial charge is 0.260 e. The van der Waals surface area contributed by atoms with Crippen molar-refractivity contribution in [2.45, 2.75) is 50.6 Å². The quantitative estimate of drug-likeness (QED) is 0.364. The second kappa shape index (κ2) is 11.6. The molecule has 2 aliphatic rings. The van der Waals surface area contributed by atoms with Gasteiger partial charge in [0.1, 0.15) is 0 Å². The van der Waals surface area contributed by atoms with Crippen molar-refractivity contribution >= 4 is 41.3 Å². The van der Waals surface area contributed by atoms with Crippen LogP contribution in [0.3, 0.4) is 0 Å². The second-order valence-electron chi connectivity index (χ2n) is 9.92. The number of hydrogen-bond acceptors (Lipinski definition) is 3. The van der Waals surface area contributed by atoms with Gasteiger partial charge in [0.25, 0.3) is 5.91 Å². The van der Waals surface area contributed by atoms with Crippen LogP contribution >= 0.6 is 23.4 Å². The lowest BCUT2D eigenvalue weighted by atomic mass is 9.83. The van der Waals surface area contributed by atoms with Gasteiger partial charge < -0.3 is 10.2 Å². The zero-order valence-corrected chi connectivity index (χ0v) is 22.5. The zero-order valence-electron chi connectivity index (χ0n) is 20.9. The van der Waals surface area contributed by atoms with Crippen LogP contribution in [0.25, 0.3) is 6.08 Å². The number of carbonyl (C=O) groups excluding carboxylic acids is 2. The van der Waals surface area contributed by atoms with Crippen LogP contribution < -0.4 is 5.32 Å². The Morgan fingerprint density at radius 1 is 1.03 bits per heavy atom. The molecule has 5 rings (SSSR count). The first-order chi connectivity index (χ1) is 18.0. The van der Waals surface area contributed by atoms with Gasteiger partial charge in [0.05, 0.1) is 4.91 Å². The number of aryl methyl sites for hydroxylation is 1. The molecule has 6 heteroatoms. The minimum atomic E-state index is -0.110. The Balaban J connectivity index is 1.35. The van der Waals surface area contributed by atoms with Crippen molar-refractivity contribution in [1.82, 2.24) is 10.2 Å². The predicted octanol–water partition coefficient (Wildman–Crippen LogP) is 6.62. The van der Waals surface area contributed by atoms with Crippen LogP contribution in [0.4, 0.5) is 0 Å².